The molecular formula is C15H28N2O. The molecule has 18 heavy (non-hydrogen) atoms. The molecule has 1 heterocycles. The fraction of sp³-hybridized carbons (Fsp3) is 0.733. The van der Waals surface area contributed by atoms with E-state index < -0.39 is 0 Å². The Labute approximate surface area is 112 Å². The lowest BCUT2D eigenvalue weighted by molar-refractivity contribution is 0.126. The van der Waals surface area contributed by atoms with Crippen molar-refractivity contribution in [3.8, 4) is 0 Å². The van der Waals surface area contributed by atoms with Gasteiger partial charge in [-0.3, -0.25) is 0 Å². The molecule has 1 rings (SSSR count). The smallest absolute Gasteiger partial charge is 0.0645 e. The van der Waals surface area contributed by atoms with E-state index in [4.69, 9.17) is 4.74 Å². The van der Waals surface area contributed by atoms with Gasteiger partial charge < -0.3 is 14.6 Å². The Hall–Kier alpha value is -0.800. The minimum atomic E-state index is 0.165. The SMILES string of the molecule is CCCOCCn1ccc(CNC(C)(C)C)c1C. The van der Waals surface area contributed by atoms with E-state index in [-0.39, 0.29) is 5.54 Å². The molecular weight excluding hydrogens is 224 g/mol. The predicted molar refractivity (Wildman–Crippen MR) is 76.9 cm³/mol. The molecule has 0 unspecified atom stereocenters. The summed E-state index contributed by atoms with van der Waals surface area (Å²) >= 11 is 0. The van der Waals surface area contributed by atoms with Gasteiger partial charge in [0.2, 0.25) is 0 Å². The van der Waals surface area contributed by atoms with Crippen molar-refractivity contribution in [3.63, 3.8) is 0 Å². The van der Waals surface area contributed by atoms with Crippen LogP contribution in [0, 0.1) is 6.92 Å². The van der Waals surface area contributed by atoms with E-state index in [1.54, 1.807) is 0 Å². The van der Waals surface area contributed by atoms with Crippen molar-refractivity contribution in [1.82, 2.24) is 9.88 Å². The highest BCUT2D eigenvalue weighted by molar-refractivity contribution is 5.21. The summed E-state index contributed by atoms with van der Waals surface area (Å²) in [7, 11) is 0. The molecule has 1 N–H and O–H groups in total. The normalized spacial score (nSPS) is 12.1. The summed E-state index contributed by atoms with van der Waals surface area (Å²) in [5, 5.41) is 3.52. The third-order valence-corrected chi connectivity index (χ3v) is 2.99. The van der Waals surface area contributed by atoms with Crippen molar-refractivity contribution in [3.05, 3.63) is 23.5 Å². The van der Waals surface area contributed by atoms with Crippen molar-refractivity contribution in [2.24, 2.45) is 0 Å². The standard InChI is InChI=1S/C15H28N2O/c1-6-10-18-11-9-17-8-7-14(13(17)2)12-16-15(3,4)5/h7-8,16H,6,9-12H2,1-5H3. The van der Waals surface area contributed by atoms with E-state index in [2.05, 4.69) is 56.8 Å². The van der Waals surface area contributed by atoms with Gasteiger partial charge in [0.1, 0.15) is 0 Å². The van der Waals surface area contributed by atoms with Crippen molar-refractivity contribution in [2.75, 3.05) is 13.2 Å². The number of hydrogen-bond acceptors (Lipinski definition) is 2. The van der Waals surface area contributed by atoms with Gasteiger partial charge in [-0.1, -0.05) is 6.92 Å². The fourth-order valence-corrected chi connectivity index (χ4v) is 1.80. The second kappa shape index (κ2) is 6.95. The number of ether oxygens (including phenoxy) is 1. The van der Waals surface area contributed by atoms with E-state index in [1.165, 1.54) is 11.3 Å². The van der Waals surface area contributed by atoms with Gasteiger partial charge in [-0.15, -0.1) is 0 Å². The second-order valence-corrected chi connectivity index (χ2v) is 5.84. The quantitative estimate of drug-likeness (QED) is 0.755. The third-order valence-electron chi connectivity index (χ3n) is 2.99. The molecule has 0 bridgehead atoms. The molecule has 0 saturated carbocycles. The Morgan fingerprint density at radius 3 is 2.61 bits per heavy atom. The van der Waals surface area contributed by atoms with Gasteiger partial charge in [-0.25, -0.2) is 0 Å². The van der Waals surface area contributed by atoms with Crippen LogP contribution >= 0.6 is 0 Å². The summed E-state index contributed by atoms with van der Waals surface area (Å²) in [6.07, 6.45) is 3.25. The molecule has 0 aliphatic carbocycles. The Morgan fingerprint density at radius 1 is 1.28 bits per heavy atom. The molecule has 0 aliphatic rings. The van der Waals surface area contributed by atoms with E-state index in [9.17, 15) is 0 Å². The molecule has 0 spiro atoms. The Morgan fingerprint density at radius 2 is 2.00 bits per heavy atom. The highest BCUT2D eigenvalue weighted by Gasteiger charge is 2.10. The van der Waals surface area contributed by atoms with Gasteiger partial charge in [-0.2, -0.15) is 0 Å². The summed E-state index contributed by atoms with van der Waals surface area (Å²) in [6.45, 7) is 14.4. The predicted octanol–water partition coefficient (Wildman–Crippen LogP) is 3.11. The van der Waals surface area contributed by atoms with Crippen molar-refractivity contribution < 1.29 is 4.74 Å². The largest absolute Gasteiger partial charge is 0.380 e. The van der Waals surface area contributed by atoms with Gasteiger partial charge in [0, 0.05) is 37.1 Å². The van der Waals surface area contributed by atoms with Gasteiger partial charge in [0.25, 0.3) is 0 Å². The molecule has 0 aromatic carbocycles. The molecule has 1 aromatic rings. The molecule has 0 fully saturated rings. The molecule has 0 amide bonds. The van der Waals surface area contributed by atoms with Gasteiger partial charge in [0.05, 0.1) is 6.61 Å². The molecule has 0 aliphatic heterocycles. The van der Waals surface area contributed by atoms with E-state index in [1.807, 2.05) is 0 Å². The van der Waals surface area contributed by atoms with Crippen LogP contribution < -0.4 is 5.32 Å². The summed E-state index contributed by atoms with van der Waals surface area (Å²) in [5.74, 6) is 0. The summed E-state index contributed by atoms with van der Waals surface area (Å²) in [6, 6.07) is 2.20. The molecule has 104 valence electrons. The summed E-state index contributed by atoms with van der Waals surface area (Å²) < 4.78 is 7.80. The van der Waals surface area contributed by atoms with Crippen LogP contribution in [0.5, 0.6) is 0 Å². The number of nitrogens with one attached hydrogen (secondary N) is 1. The van der Waals surface area contributed by atoms with Gasteiger partial charge in [-0.05, 0) is 45.7 Å². The minimum absolute atomic E-state index is 0.165. The van der Waals surface area contributed by atoms with Crippen LogP contribution in [0.15, 0.2) is 12.3 Å². The third kappa shape index (κ3) is 5.23. The maximum Gasteiger partial charge on any atom is 0.0645 e. The zero-order valence-corrected chi connectivity index (χ0v) is 12.5. The first kappa shape index (κ1) is 15.3. The lowest BCUT2D eigenvalue weighted by Crippen LogP contribution is -2.35. The number of hydrogen-bond donors (Lipinski definition) is 1. The zero-order valence-electron chi connectivity index (χ0n) is 12.5. The van der Waals surface area contributed by atoms with Crippen LogP contribution in [0.1, 0.15) is 45.4 Å². The van der Waals surface area contributed by atoms with Crippen molar-refractivity contribution >= 4 is 0 Å². The topological polar surface area (TPSA) is 26.2 Å². The molecule has 0 atom stereocenters. The number of aromatic nitrogens is 1. The highest BCUT2D eigenvalue weighted by Crippen LogP contribution is 2.11. The molecule has 3 heteroatoms. The Kier molecular flexibility index (Phi) is 5.89. The van der Waals surface area contributed by atoms with Crippen molar-refractivity contribution in [1.29, 1.82) is 0 Å². The van der Waals surface area contributed by atoms with Crippen LogP contribution in [-0.2, 0) is 17.8 Å². The molecule has 0 saturated heterocycles. The van der Waals surface area contributed by atoms with Crippen LogP contribution in [0.4, 0.5) is 0 Å². The van der Waals surface area contributed by atoms with E-state index >= 15 is 0 Å². The maximum atomic E-state index is 5.53. The number of rotatable bonds is 7. The van der Waals surface area contributed by atoms with Gasteiger partial charge in [0.15, 0.2) is 0 Å². The Balaban J connectivity index is 2.45. The summed E-state index contributed by atoms with van der Waals surface area (Å²) in [4.78, 5) is 0. The molecule has 0 radical (unpaired) electrons. The molecule has 1 aromatic heterocycles. The summed E-state index contributed by atoms with van der Waals surface area (Å²) in [5.41, 5.74) is 2.88. The lowest BCUT2D eigenvalue weighted by Gasteiger charge is -2.20. The number of nitrogens with zero attached hydrogens (tertiary/aromatic N) is 1. The minimum Gasteiger partial charge on any atom is -0.380 e. The van der Waals surface area contributed by atoms with Crippen molar-refractivity contribution in [2.45, 2.75) is 59.7 Å². The highest BCUT2D eigenvalue weighted by atomic mass is 16.5. The first-order chi connectivity index (χ1) is 8.44. The lowest BCUT2D eigenvalue weighted by atomic mass is 10.1. The fourth-order valence-electron chi connectivity index (χ4n) is 1.80. The average molecular weight is 252 g/mol. The van der Waals surface area contributed by atoms with Gasteiger partial charge >= 0.3 is 0 Å². The monoisotopic (exact) mass is 252 g/mol. The van der Waals surface area contributed by atoms with Crippen LogP contribution in [0.3, 0.4) is 0 Å². The van der Waals surface area contributed by atoms with Crippen LogP contribution in [0.2, 0.25) is 0 Å². The van der Waals surface area contributed by atoms with Crippen LogP contribution in [-0.4, -0.2) is 23.3 Å². The van der Waals surface area contributed by atoms with E-state index in [0.29, 0.717) is 0 Å². The maximum absolute atomic E-state index is 5.53. The van der Waals surface area contributed by atoms with E-state index in [0.717, 1.165) is 32.7 Å². The molecule has 3 nitrogen and oxygen atoms in total. The average Bonchev–Trinajstić information content (AvgIpc) is 2.63. The Bertz CT molecular complexity index is 350. The first-order valence-corrected chi connectivity index (χ1v) is 6.91. The second-order valence-electron chi connectivity index (χ2n) is 5.84. The van der Waals surface area contributed by atoms with Crippen LogP contribution in [0.25, 0.3) is 0 Å². The first-order valence-electron chi connectivity index (χ1n) is 6.91. The zero-order chi connectivity index (χ0) is 13.6.